The van der Waals surface area contributed by atoms with Gasteiger partial charge in [0.1, 0.15) is 5.01 Å². The lowest BCUT2D eigenvalue weighted by Crippen LogP contribution is -2.22. The van der Waals surface area contributed by atoms with Crippen molar-refractivity contribution in [1.82, 2.24) is 25.0 Å². The van der Waals surface area contributed by atoms with E-state index in [1.807, 2.05) is 12.3 Å². The van der Waals surface area contributed by atoms with E-state index in [-0.39, 0.29) is 12.1 Å². The number of nitrogens with one attached hydrogen (secondary N) is 1. The molecule has 0 aliphatic heterocycles. The van der Waals surface area contributed by atoms with E-state index in [9.17, 15) is 13.9 Å². The summed E-state index contributed by atoms with van der Waals surface area (Å²) in [7, 11) is 0. The molecule has 4 rings (SSSR count). The lowest BCUT2D eigenvalue weighted by molar-refractivity contribution is 0.101. The molecular weight excluding hydrogens is 418 g/mol. The Morgan fingerprint density at radius 2 is 2.03 bits per heavy atom. The number of aryl methyl sites for hydroxylation is 1. The van der Waals surface area contributed by atoms with Gasteiger partial charge in [0.15, 0.2) is 28.1 Å². The van der Waals surface area contributed by atoms with E-state index in [0.717, 1.165) is 11.8 Å². The molecule has 2 N–H and O–H groups in total. The highest BCUT2D eigenvalue weighted by molar-refractivity contribution is 7.15. The summed E-state index contributed by atoms with van der Waals surface area (Å²) in [4.78, 5) is 4.32. The zero-order valence-electron chi connectivity index (χ0n) is 15.4. The fourth-order valence-corrected chi connectivity index (χ4v) is 4.33. The average Bonchev–Trinajstić information content (AvgIpc) is 3.41. The number of hydrogen-bond donors (Lipinski definition) is 2. The maximum Gasteiger partial charge on any atom is 0.211 e. The van der Waals surface area contributed by atoms with Gasteiger partial charge in [0.05, 0.1) is 6.54 Å². The molecule has 1 atom stereocenters. The van der Waals surface area contributed by atoms with Gasteiger partial charge in [-0.3, -0.25) is 4.68 Å². The van der Waals surface area contributed by atoms with Crippen molar-refractivity contribution in [2.75, 3.05) is 5.32 Å². The van der Waals surface area contributed by atoms with Crippen LogP contribution in [-0.4, -0.2) is 30.1 Å². The SMILES string of the molecule is Cc1csc(C(C)(O)c2nnc(Nc3ccn(Cc4cccc(F)c4F)n3)s2)n1. The Kier molecular flexibility index (Phi) is 5.11. The molecule has 0 radical (unpaired) electrons. The third-order valence-corrected chi connectivity index (χ3v) is 6.34. The van der Waals surface area contributed by atoms with Gasteiger partial charge in [0.2, 0.25) is 5.13 Å². The fraction of sp³-hybridized carbons (Fsp3) is 0.222. The molecule has 0 aliphatic carbocycles. The summed E-state index contributed by atoms with van der Waals surface area (Å²) < 4.78 is 28.6. The zero-order chi connectivity index (χ0) is 20.6. The summed E-state index contributed by atoms with van der Waals surface area (Å²) in [6.07, 6.45) is 1.64. The van der Waals surface area contributed by atoms with Gasteiger partial charge in [-0.05, 0) is 19.9 Å². The minimum Gasteiger partial charge on any atom is -0.376 e. The first-order valence-electron chi connectivity index (χ1n) is 8.55. The Balaban J connectivity index is 1.48. The molecule has 7 nitrogen and oxygen atoms in total. The van der Waals surface area contributed by atoms with E-state index in [2.05, 4.69) is 25.6 Å². The number of halogens is 2. The molecule has 0 spiro atoms. The molecule has 29 heavy (non-hydrogen) atoms. The number of thiazole rings is 1. The largest absolute Gasteiger partial charge is 0.376 e. The first-order valence-corrected chi connectivity index (χ1v) is 10.2. The first kappa shape index (κ1) is 19.6. The molecule has 4 aromatic rings. The number of nitrogens with zero attached hydrogens (tertiary/aromatic N) is 5. The van der Waals surface area contributed by atoms with E-state index in [1.165, 1.54) is 39.5 Å². The fourth-order valence-electron chi connectivity index (χ4n) is 2.61. The van der Waals surface area contributed by atoms with Crippen molar-refractivity contribution >= 4 is 33.6 Å². The van der Waals surface area contributed by atoms with Crippen LogP contribution in [0.1, 0.15) is 28.2 Å². The highest BCUT2D eigenvalue weighted by atomic mass is 32.1. The minimum atomic E-state index is -1.34. The molecule has 1 unspecified atom stereocenters. The molecule has 3 heterocycles. The van der Waals surface area contributed by atoms with Gasteiger partial charge in [-0.1, -0.05) is 23.5 Å². The van der Waals surface area contributed by atoms with Crippen molar-refractivity contribution in [2.45, 2.75) is 26.0 Å². The Morgan fingerprint density at radius 3 is 2.79 bits per heavy atom. The maximum absolute atomic E-state index is 13.8. The predicted octanol–water partition coefficient (Wildman–Crippen LogP) is 3.83. The summed E-state index contributed by atoms with van der Waals surface area (Å²) in [5, 5.41) is 29.4. The van der Waals surface area contributed by atoms with Crippen molar-refractivity contribution in [3.63, 3.8) is 0 Å². The summed E-state index contributed by atoms with van der Waals surface area (Å²) >= 11 is 2.54. The molecule has 0 bridgehead atoms. The average molecular weight is 434 g/mol. The van der Waals surface area contributed by atoms with Gasteiger partial charge in [-0.2, -0.15) is 5.10 Å². The second kappa shape index (κ2) is 7.58. The summed E-state index contributed by atoms with van der Waals surface area (Å²) in [5.41, 5.74) is -0.314. The van der Waals surface area contributed by atoms with Crippen molar-refractivity contribution in [3.8, 4) is 0 Å². The van der Waals surface area contributed by atoms with E-state index >= 15 is 0 Å². The lowest BCUT2D eigenvalue weighted by Gasteiger charge is -2.16. The van der Waals surface area contributed by atoms with E-state index in [4.69, 9.17) is 0 Å². The van der Waals surface area contributed by atoms with Gasteiger partial charge in [0.25, 0.3) is 0 Å². The van der Waals surface area contributed by atoms with Crippen LogP contribution in [-0.2, 0) is 12.1 Å². The highest BCUT2D eigenvalue weighted by Gasteiger charge is 2.33. The van der Waals surface area contributed by atoms with E-state index < -0.39 is 17.2 Å². The predicted molar refractivity (Wildman–Crippen MR) is 106 cm³/mol. The number of benzene rings is 1. The number of aromatic nitrogens is 5. The Morgan fingerprint density at radius 1 is 1.21 bits per heavy atom. The normalized spacial score (nSPS) is 13.4. The second-order valence-corrected chi connectivity index (χ2v) is 8.35. The zero-order valence-corrected chi connectivity index (χ0v) is 17.1. The van der Waals surface area contributed by atoms with Crippen molar-refractivity contribution in [1.29, 1.82) is 0 Å². The topological polar surface area (TPSA) is 88.8 Å². The van der Waals surface area contributed by atoms with E-state index in [0.29, 0.717) is 21.0 Å². The molecular formula is C18H16F2N6OS2. The Labute approximate surface area is 172 Å². The lowest BCUT2D eigenvalue weighted by atomic mass is 10.1. The van der Waals surface area contributed by atoms with Crippen LogP contribution in [0.5, 0.6) is 0 Å². The number of hydrogen-bond acceptors (Lipinski definition) is 8. The molecule has 1 aromatic carbocycles. The van der Waals surface area contributed by atoms with Crippen LogP contribution in [0, 0.1) is 18.6 Å². The molecule has 0 saturated heterocycles. The van der Waals surface area contributed by atoms with Crippen molar-refractivity contribution in [3.05, 3.63) is 68.7 Å². The molecule has 11 heteroatoms. The molecule has 150 valence electrons. The molecule has 3 aromatic heterocycles. The summed E-state index contributed by atoms with van der Waals surface area (Å²) in [5.74, 6) is -1.31. The van der Waals surface area contributed by atoms with Crippen LogP contribution in [0.3, 0.4) is 0 Å². The molecule has 0 aliphatic rings. The van der Waals surface area contributed by atoms with Gasteiger partial charge in [-0.25, -0.2) is 13.8 Å². The van der Waals surface area contributed by atoms with Crippen LogP contribution >= 0.6 is 22.7 Å². The molecule has 0 fully saturated rings. The maximum atomic E-state index is 13.8. The monoisotopic (exact) mass is 434 g/mol. The number of anilines is 2. The van der Waals surface area contributed by atoms with Crippen LogP contribution in [0.25, 0.3) is 0 Å². The van der Waals surface area contributed by atoms with Crippen LogP contribution in [0.4, 0.5) is 19.7 Å². The second-order valence-electron chi connectivity index (χ2n) is 6.52. The number of aliphatic hydroxyl groups is 1. The van der Waals surface area contributed by atoms with Gasteiger partial charge in [0, 0.05) is 28.9 Å². The van der Waals surface area contributed by atoms with E-state index in [1.54, 1.807) is 19.2 Å². The quantitative estimate of drug-likeness (QED) is 0.480. The van der Waals surface area contributed by atoms with Crippen LogP contribution in [0.2, 0.25) is 0 Å². The third kappa shape index (κ3) is 4.02. The van der Waals surface area contributed by atoms with Gasteiger partial charge >= 0.3 is 0 Å². The molecule has 0 amide bonds. The van der Waals surface area contributed by atoms with Crippen molar-refractivity contribution < 1.29 is 13.9 Å². The first-order chi connectivity index (χ1) is 13.8. The Hall–Kier alpha value is -2.76. The Bertz CT molecular complexity index is 1150. The number of rotatable bonds is 6. The highest BCUT2D eigenvalue weighted by Crippen LogP contribution is 2.34. The standard InChI is InChI=1S/C18H16F2N6OS2/c1-10-9-28-15(21-10)18(2,27)16-23-24-17(29-16)22-13-6-7-26(25-13)8-11-4-3-5-12(19)14(11)20/h3-7,9,27H,8H2,1-2H3,(H,22,24,25). The summed E-state index contributed by atoms with van der Waals surface area (Å²) in [6, 6.07) is 5.71. The van der Waals surface area contributed by atoms with Gasteiger partial charge in [-0.15, -0.1) is 21.5 Å². The van der Waals surface area contributed by atoms with Crippen molar-refractivity contribution in [2.24, 2.45) is 0 Å². The summed E-state index contributed by atoms with van der Waals surface area (Å²) in [6.45, 7) is 3.57. The smallest absolute Gasteiger partial charge is 0.211 e. The molecule has 0 saturated carbocycles. The van der Waals surface area contributed by atoms with Crippen LogP contribution < -0.4 is 5.32 Å². The minimum absolute atomic E-state index is 0.0880. The van der Waals surface area contributed by atoms with Crippen LogP contribution in [0.15, 0.2) is 35.8 Å². The van der Waals surface area contributed by atoms with Gasteiger partial charge < -0.3 is 10.4 Å². The third-order valence-electron chi connectivity index (χ3n) is 4.12.